The number of ether oxygens (including phenoxy) is 1. The minimum absolute atomic E-state index is 0.417. The first-order valence-electron chi connectivity index (χ1n) is 3.87. The van der Waals surface area contributed by atoms with Crippen LogP contribution in [-0.2, 0) is 4.74 Å². The molecule has 2 atom stereocenters. The standard InChI is InChI=1S/C9H12O/c1-7-6-8-4-2-3-5-9(8)10-7/h2-4,7,9H,5-6H2,1H3. The fourth-order valence-corrected chi connectivity index (χ4v) is 1.66. The minimum Gasteiger partial charge on any atom is -0.370 e. The van der Waals surface area contributed by atoms with Gasteiger partial charge in [-0.1, -0.05) is 18.2 Å². The molecule has 0 bridgehead atoms. The van der Waals surface area contributed by atoms with E-state index in [1.54, 1.807) is 0 Å². The number of hydrogen-bond donors (Lipinski definition) is 0. The Hall–Kier alpha value is -0.560. The van der Waals surface area contributed by atoms with Crippen molar-refractivity contribution >= 4 is 0 Å². The summed E-state index contributed by atoms with van der Waals surface area (Å²) in [7, 11) is 0. The van der Waals surface area contributed by atoms with E-state index in [9.17, 15) is 0 Å². The van der Waals surface area contributed by atoms with Crippen LogP contribution in [0.2, 0.25) is 0 Å². The quantitative estimate of drug-likeness (QED) is 0.495. The molecule has 1 fully saturated rings. The van der Waals surface area contributed by atoms with Crippen molar-refractivity contribution in [2.75, 3.05) is 0 Å². The zero-order chi connectivity index (χ0) is 6.97. The molecule has 0 aromatic carbocycles. The van der Waals surface area contributed by atoms with E-state index in [1.807, 2.05) is 0 Å². The van der Waals surface area contributed by atoms with E-state index in [4.69, 9.17) is 4.74 Å². The van der Waals surface area contributed by atoms with Crippen LogP contribution in [0, 0.1) is 0 Å². The summed E-state index contributed by atoms with van der Waals surface area (Å²) in [6, 6.07) is 0. The summed E-state index contributed by atoms with van der Waals surface area (Å²) >= 11 is 0. The lowest BCUT2D eigenvalue weighted by molar-refractivity contribution is 0.0654. The topological polar surface area (TPSA) is 9.23 Å². The number of rotatable bonds is 0. The highest BCUT2D eigenvalue weighted by atomic mass is 16.5. The molecular weight excluding hydrogens is 124 g/mol. The Labute approximate surface area is 61.4 Å². The molecule has 1 nitrogen and oxygen atoms in total. The summed E-state index contributed by atoms with van der Waals surface area (Å²) in [5, 5.41) is 0. The van der Waals surface area contributed by atoms with Crippen LogP contribution in [0.1, 0.15) is 19.8 Å². The van der Waals surface area contributed by atoms with Crippen molar-refractivity contribution in [3.63, 3.8) is 0 Å². The molecule has 10 heavy (non-hydrogen) atoms. The third-order valence-corrected chi connectivity index (χ3v) is 2.13. The van der Waals surface area contributed by atoms with Crippen LogP contribution in [0.25, 0.3) is 0 Å². The second-order valence-electron chi connectivity index (χ2n) is 3.04. The predicted octanol–water partition coefficient (Wildman–Crippen LogP) is 2.05. The second kappa shape index (κ2) is 2.24. The number of hydrogen-bond acceptors (Lipinski definition) is 1. The van der Waals surface area contributed by atoms with E-state index < -0.39 is 0 Å². The first-order chi connectivity index (χ1) is 4.86. The van der Waals surface area contributed by atoms with Gasteiger partial charge in [-0.2, -0.15) is 0 Å². The SMILES string of the molecule is CC1CC2=CC=CCC2O1. The van der Waals surface area contributed by atoms with Gasteiger partial charge in [0.1, 0.15) is 0 Å². The number of fused-ring (bicyclic) bond motifs is 1. The van der Waals surface area contributed by atoms with Crippen molar-refractivity contribution in [3.05, 3.63) is 23.8 Å². The lowest BCUT2D eigenvalue weighted by Gasteiger charge is -2.11. The van der Waals surface area contributed by atoms with E-state index in [0.717, 1.165) is 12.8 Å². The predicted molar refractivity (Wildman–Crippen MR) is 40.8 cm³/mol. The van der Waals surface area contributed by atoms with Crippen molar-refractivity contribution in [2.24, 2.45) is 0 Å². The van der Waals surface area contributed by atoms with Crippen molar-refractivity contribution in [1.29, 1.82) is 0 Å². The van der Waals surface area contributed by atoms with Gasteiger partial charge < -0.3 is 4.74 Å². The Kier molecular flexibility index (Phi) is 1.38. The maximum Gasteiger partial charge on any atom is 0.0827 e. The van der Waals surface area contributed by atoms with Gasteiger partial charge in [0, 0.05) is 0 Å². The summed E-state index contributed by atoms with van der Waals surface area (Å²) < 4.78 is 5.65. The normalized spacial score (nSPS) is 37.5. The Morgan fingerprint density at radius 1 is 1.60 bits per heavy atom. The highest BCUT2D eigenvalue weighted by molar-refractivity contribution is 5.25. The van der Waals surface area contributed by atoms with Gasteiger partial charge in [0.15, 0.2) is 0 Å². The molecule has 1 heteroatoms. The van der Waals surface area contributed by atoms with Gasteiger partial charge in [0.25, 0.3) is 0 Å². The molecule has 0 saturated carbocycles. The van der Waals surface area contributed by atoms with E-state index in [1.165, 1.54) is 5.57 Å². The summed E-state index contributed by atoms with van der Waals surface area (Å²) in [6.45, 7) is 2.14. The van der Waals surface area contributed by atoms with Gasteiger partial charge in [-0.15, -0.1) is 0 Å². The third kappa shape index (κ3) is 0.907. The molecule has 0 amide bonds. The minimum atomic E-state index is 0.417. The van der Waals surface area contributed by atoms with Crippen molar-refractivity contribution < 1.29 is 4.74 Å². The van der Waals surface area contributed by atoms with E-state index in [2.05, 4.69) is 25.2 Å². The molecular formula is C9H12O. The zero-order valence-electron chi connectivity index (χ0n) is 6.21. The summed E-state index contributed by atoms with van der Waals surface area (Å²) in [4.78, 5) is 0. The van der Waals surface area contributed by atoms with Crippen molar-refractivity contribution in [1.82, 2.24) is 0 Å². The second-order valence-corrected chi connectivity index (χ2v) is 3.04. The average molecular weight is 136 g/mol. The molecule has 0 N–H and O–H groups in total. The first kappa shape index (κ1) is 6.17. The largest absolute Gasteiger partial charge is 0.370 e. The first-order valence-corrected chi connectivity index (χ1v) is 3.87. The summed E-state index contributed by atoms with van der Waals surface area (Å²) in [5.74, 6) is 0. The molecule has 1 saturated heterocycles. The molecule has 0 radical (unpaired) electrons. The van der Waals surface area contributed by atoms with E-state index >= 15 is 0 Å². The highest BCUT2D eigenvalue weighted by Crippen LogP contribution is 2.29. The molecule has 54 valence electrons. The Bertz CT molecular complexity index is 191. The van der Waals surface area contributed by atoms with Gasteiger partial charge in [-0.25, -0.2) is 0 Å². The van der Waals surface area contributed by atoms with Gasteiger partial charge in [-0.05, 0) is 25.3 Å². The molecule has 2 rings (SSSR count). The molecule has 1 aliphatic carbocycles. The lowest BCUT2D eigenvalue weighted by atomic mass is 10.0. The summed E-state index contributed by atoms with van der Waals surface area (Å²) in [5.41, 5.74) is 1.48. The molecule has 0 aromatic rings. The van der Waals surface area contributed by atoms with Crippen molar-refractivity contribution in [2.45, 2.75) is 32.0 Å². The van der Waals surface area contributed by atoms with Gasteiger partial charge in [-0.3, -0.25) is 0 Å². The molecule has 0 spiro atoms. The smallest absolute Gasteiger partial charge is 0.0827 e. The monoisotopic (exact) mass is 136 g/mol. The van der Waals surface area contributed by atoms with Crippen LogP contribution in [-0.4, -0.2) is 12.2 Å². The van der Waals surface area contributed by atoms with E-state index in [-0.39, 0.29) is 0 Å². The number of allylic oxidation sites excluding steroid dienone is 2. The fraction of sp³-hybridized carbons (Fsp3) is 0.556. The van der Waals surface area contributed by atoms with Gasteiger partial charge in [0.05, 0.1) is 12.2 Å². The molecule has 0 aromatic heterocycles. The maximum atomic E-state index is 5.65. The molecule has 2 unspecified atom stereocenters. The fourth-order valence-electron chi connectivity index (χ4n) is 1.66. The van der Waals surface area contributed by atoms with Crippen LogP contribution in [0.5, 0.6) is 0 Å². The summed E-state index contributed by atoms with van der Waals surface area (Å²) in [6.07, 6.45) is 9.57. The van der Waals surface area contributed by atoms with Crippen LogP contribution in [0.15, 0.2) is 23.8 Å². The van der Waals surface area contributed by atoms with E-state index in [0.29, 0.717) is 12.2 Å². The molecule has 1 heterocycles. The maximum absolute atomic E-state index is 5.65. The van der Waals surface area contributed by atoms with Crippen LogP contribution in [0.4, 0.5) is 0 Å². The third-order valence-electron chi connectivity index (χ3n) is 2.13. The zero-order valence-corrected chi connectivity index (χ0v) is 6.21. The Morgan fingerprint density at radius 2 is 2.50 bits per heavy atom. The van der Waals surface area contributed by atoms with Gasteiger partial charge >= 0.3 is 0 Å². The van der Waals surface area contributed by atoms with Gasteiger partial charge in [0.2, 0.25) is 0 Å². The average Bonchev–Trinajstić information content (AvgIpc) is 2.27. The Morgan fingerprint density at radius 3 is 3.30 bits per heavy atom. The van der Waals surface area contributed by atoms with Crippen LogP contribution >= 0.6 is 0 Å². The lowest BCUT2D eigenvalue weighted by Crippen LogP contribution is -2.09. The van der Waals surface area contributed by atoms with Crippen LogP contribution in [0.3, 0.4) is 0 Å². The Balaban J connectivity index is 2.18. The molecule has 2 aliphatic rings. The molecule has 1 aliphatic heterocycles. The highest BCUT2D eigenvalue weighted by Gasteiger charge is 2.26. The van der Waals surface area contributed by atoms with Crippen LogP contribution < -0.4 is 0 Å². The van der Waals surface area contributed by atoms with Crippen molar-refractivity contribution in [3.8, 4) is 0 Å².